The zero-order valence-corrected chi connectivity index (χ0v) is 17.4. The van der Waals surface area contributed by atoms with E-state index in [-0.39, 0.29) is 5.91 Å². The molecular formula is C19H20IN3O2S. The van der Waals surface area contributed by atoms with Crippen molar-refractivity contribution in [1.29, 1.82) is 0 Å². The Kier molecular flexibility index (Phi) is 5.30. The van der Waals surface area contributed by atoms with Crippen LogP contribution in [-0.2, 0) is 11.3 Å². The number of amides is 1. The third kappa shape index (κ3) is 3.66. The van der Waals surface area contributed by atoms with E-state index >= 15 is 0 Å². The van der Waals surface area contributed by atoms with Crippen LogP contribution in [0.4, 0.5) is 5.69 Å². The first-order chi connectivity index (χ1) is 12.6. The van der Waals surface area contributed by atoms with Gasteiger partial charge >= 0.3 is 0 Å². The number of hydrogen-bond acceptors (Lipinski definition) is 4. The second kappa shape index (κ2) is 7.67. The molecule has 1 aromatic carbocycles. The first kappa shape index (κ1) is 18.0. The van der Waals surface area contributed by atoms with E-state index in [1.54, 1.807) is 11.3 Å². The van der Waals surface area contributed by atoms with Crippen molar-refractivity contribution < 1.29 is 9.53 Å². The second-order valence-electron chi connectivity index (χ2n) is 6.40. The number of nitrogens with one attached hydrogen (secondary N) is 2. The second-order valence-corrected chi connectivity index (χ2v) is 8.82. The number of morpholine rings is 1. The molecule has 0 bridgehead atoms. The molecule has 7 heteroatoms. The zero-order valence-electron chi connectivity index (χ0n) is 14.5. The molecule has 0 saturated carbocycles. The minimum Gasteiger partial charge on any atom is -0.379 e. The summed E-state index contributed by atoms with van der Waals surface area (Å²) < 4.78 is 7.66. The highest BCUT2D eigenvalue weighted by molar-refractivity contribution is 14.1. The molecule has 1 saturated heterocycles. The zero-order chi connectivity index (χ0) is 18.1. The fourth-order valence-electron chi connectivity index (χ4n) is 3.23. The number of ether oxygens (including phenoxy) is 1. The molecule has 1 fully saturated rings. The lowest BCUT2D eigenvalue weighted by Gasteiger charge is -2.26. The Morgan fingerprint density at radius 3 is 2.88 bits per heavy atom. The fourth-order valence-corrected chi connectivity index (χ4v) is 4.76. The first-order valence-corrected chi connectivity index (χ1v) is 10.5. The third-order valence-electron chi connectivity index (χ3n) is 4.53. The molecule has 1 aliphatic rings. The number of carbonyl (C=O) groups is 1. The standard InChI is InChI=1S/C19H20IN3O2S/c1-12-10-16-18(26-12)13(11-23-6-8-25-9-7-23)17(21-16)19(24)22-15-5-3-2-4-14(15)20/h2-5,10,21H,6-9,11H2,1H3,(H,22,24). The molecule has 1 amide bonds. The molecule has 5 nitrogen and oxygen atoms in total. The lowest BCUT2D eigenvalue weighted by molar-refractivity contribution is 0.0343. The van der Waals surface area contributed by atoms with E-state index in [0.29, 0.717) is 5.69 Å². The van der Waals surface area contributed by atoms with Crippen LogP contribution < -0.4 is 5.32 Å². The fraction of sp³-hybridized carbons (Fsp3) is 0.316. The number of fused-ring (bicyclic) bond motifs is 1. The summed E-state index contributed by atoms with van der Waals surface area (Å²) in [7, 11) is 0. The van der Waals surface area contributed by atoms with Crippen molar-refractivity contribution in [1.82, 2.24) is 9.88 Å². The summed E-state index contributed by atoms with van der Waals surface area (Å²) in [6, 6.07) is 9.93. The van der Waals surface area contributed by atoms with Gasteiger partial charge in [-0.1, -0.05) is 12.1 Å². The number of thiophene rings is 1. The minimum atomic E-state index is -0.0848. The smallest absolute Gasteiger partial charge is 0.272 e. The number of hydrogen-bond donors (Lipinski definition) is 2. The van der Waals surface area contributed by atoms with Gasteiger partial charge in [0.1, 0.15) is 5.69 Å². The summed E-state index contributed by atoms with van der Waals surface area (Å²) in [5.41, 5.74) is 3.63. The first-order valence-electron chi connectivity index (χ1n) is 8.59. The maximum absolute atomic E-state index is 13.0. The predicted molar refractivity (Wildman–Crippen MR) is 114 cm³/mol. The van der Waals surface area contributed by atoms with E-state index in [0.717, 1.165) is 53.2 Å². The number of H-pyrrole nitrogens is 1. The van der Waals surface area contributed by atoms with Crippen LogP contribution >= 0.6 is 33.9 Å². The van der Waals surface area contributed by atoms with E-state index in [4.69, 9.17) is 4.74 Å². The molecule has 2 N–H and O–H groups in total. The highest BCUT2D eigenvalue weighted by atomic mass is 127. The van der Waals surface area contributed by atoms with Crippen molar-refractivity contribution in [2.24, 2.45) is 0 Å². The number of aromatic amines is 1. The number of para-hydroxylation sites is 1. The number of anilines is 1. The van der Waals surface area contributed by atoms with Gasteiger partial charge in [0.05, 0.1) is 29.1 Å². The quantitative estimate of drug-likeness (QED) is 0.549. The van der Waals surface area contributed by atoms with E-state index in [1.165, 1.54) is 9.58 Å². The topological polar surface area (TPSA) is 57.4 Å². The van der Waals surface area contributed by atoms with Crippen molar-refractivity contribution in [2.75, 3.05) is 31.6 Å². The van der Waals surface area contributed by atoms with Gasteiger partial charge in [-0.3, -0.25) is 9.69 Å². The summed E-state index contributed by atoms with van der Waals surface area (Å²) in [5.74, 6) is -0.0848. The van der Waals surface area contributed by atoms with Crippen LogP contribution in [0.3, 0.4) is 0 Å². The third-order valence-corrected chi connectivity index (χ3v) is 6.58. The van der Waals surface area contributed by atoms with Crippen LogP contribution in [-0.4, -0.2) is 42.1 Å². The number of rotatable bonds is 4. The Labute approximate surface area is 169 Å². The van der Waals surface area contributed by atoms with Gasteiger partial charge in [0.15, 0.2) is 0 Å². The van der Waals surface area contributed by atoms with Gasteiger partial charge in [-0.15, -0.1) is 11.3 Å². The number of aromatic nitrogens is 1. The van der Waals surface area contributed by atoms with E-state index in [1.807, 2.05) is 24.3 Å². The van der Waals surface area contributed by atoms with Crippen LogP contribution in [0.1, 0.15) is 20.9 Å². The Balaban J connectivity index is 1.67. The van der Waals surface area contributed by atoms with Gasteiger partial charge < -0.3 is 15.0 Å². The molecule has 0 spiro atoms. The molecule has 0 radical (unpaired) electrons. The summed E-state index contributed by atoms with van der Waals surface area (Å²) >= 11 is 3.98. The summed E-state index contributed by atoms with van der Waals surface area (Å²) in [6.45, 7) is 6.16. The summed E-state index contributed by atoms with van der Waals surface area (Å²) in [4.78, 5) is 19.9. The van der Waals surface area contributed by atoms with Crippen molar-refractivity contribution in [3.05, 3.63) is 50.0 Å². The molecule has 2 aromatic heterocycles. The van der Waals surface area contributed by atoms with Gasteiger partial charge in [0.25, 0.3) is 5.91 Å². The monoisotopic (exact) mass is 481 g/mol. The van der Waals surface area contributed by atoms with E-state index < -0.39 is 0 Å². The largest absolute Gasteiger partial charge is 0.379 e. The molecule has 0 unspecified atom stereocenters. The maximum Gasteiger partial charge on any atom is 0.272 e. The number of aryl methyl sites for hydroxylation is 1. The van der Waals surface area contributed by atoms with Crippen LogP contribution in [0.25, 0.3) is 10.2 Å². The van der Waals surface area contributed by atoms with E-state index in [9.17, 15) is 4.79 Å². The van der Waals surface area contributed by atoms with Crippen molar-refractivity contribution in [2.45, 2.75) is 13.5 Å². The molecular weight excluding hydrogens is 461 g/mol. The molecule has 3 heterocycles. The van der Waals surface area contributed by atoms with Gasteiger partial charge in [0, 0.05) is 33.6 Å². The Bertz CT molecular complexity index is 944. The van der Waals surface area contributed by atoms with E-state index in [2.05, 4.69) is 50.8 Å². The molecule has 26 heavy (non-hydrogen) atoms. The molecule has 0 atom stereocenters. The molecule has 136 valence electrons. The Hall–Kier alpha value is -1.42. The van der Waals surface area contributed by atoms with Gasteiger partial charge in [-0.05, 0) is 47.7 Å². The van der Waals surface area contributed by atoms with Crippen molar-refractivity contribution in [3.63, 3.8) is 0 Å². The normalized spacial score (nSPS) is 15.5. The van der Waals surface area contributed by atoms with Gasteiger partial charge in [-0.2, -0.15) is 0 Å². The summed E-state index contributed by atoms with van der Waals surface area (Å²) in [5, 5.41) is 3.05. The number of carbonyl (C=O) groups excluding carboxylic acids is 1. The predicted octanol–water partition coefficient (Wildman–Crippen LogP) is 4.23. The van der Waals surface area contributed by atoms with Crippen LogP contribution in [0.2, 0.25) is 0 Å². The molecule has 1 aliphatic heterocycles. The number of benzene rings is 1. The van der Waals surface area contributed by atoms with Crippen LogP contribution in [0.5, 0.6) is 0 Å². The Morgan fingerprint density at radius 1 is 1.35 bits per heavy atom. The van der Waals surface area contributed by atoms with Crippen molar-refractivity contribution in [3.8, 4) is 0 Å². The maximum atomic E-state index is 13.0. The average Bonchev–Trinajstić information content (AvgIpc) is 3.15. The summed E-state index contributed by atoms with van der Waals surface area (Å²) in [6.07, 6.45) is 0. The molecule has 4 rings (SSSR count). The van der Waals surface area contributed by atoms with Crippen LogP contribution in [0, 0.1) is 10.5 Å². The lowest BCUT2D eigenvalue weighted by atomic mass is 10.2. The SMILES string of the molecule is Cc1cc2[nH]c(C(=O)Nc3ccccc3I)c(CN3CCOCC3)c2s1. The highest BCUT2D eigenvalue weighted by Gasteiger charge is 2.23. The average molecular weight is 481 g/mol. The Morgan fingerprint density at radius 2 is 2.12 bits per heavy atom. The minimum absolute atomic E-state index is 0.0848. The molecule has 3 aromatic rings. The molecule has 0 aliphatic carbocycles. The van der Waals surface area contributed by atoms with Gasteiger partial charge in [-0.25, -0.2) is 0 Å². The highest BCUT2D eigenvalue weighted by Crippen LogP contribution is 2.32. The number of nitrogens with zero attached hydrogens (tertiary/aromatic N) is 1. The lowest BCUT2D eigenvalue weighted by Crippen LogP contribution is -2.36. The van der Waals surface area contributed by atoms with Crippen molar-refractivity contribution >= 4 is 55.7 Å². The van der Waals surface area contributed by atoms with Crippen LogP contribution in [0.15, 0.2) is 30.3 Å². The number of halogens is 1. The van der Waals surface area contributed by atoms with Gasteiger partial charge in [0.2, 0.25) is 0 Å².